The van der Waals surface area contributed by atoms with E-state index in [1.807, 2.05) is 32.0 Å². The lowest BCUT2D eigenvalue weighted by atomic mass is 10.1. The Morgan fingerprint density at radius 2 is 1.89 bits per heavy atom. The molecular weight excluding hydrogens is 358 g/mol. The first-order chi connectivity index (χ1) is 13.4. The maximum Gasteiger partial charge on any atom is 0.265 e. The summed E-state index contributed by atoms with van der Waals surface area (Å²) in [4.78, 5) is 39.8. The Morgan fingerprint density at radius 1 is 1.14 bits per heavy atom. The maximum absolute atomic E-state index is 12.6. The van der Waals surface area contributed by atoms with E-state index in [4.69, 9.17) is 4.74 Å². The predicted octanol–water partition coefficient (Wildman–Crippen LogP) is 2.13. The minimum absolute atomic E-state index is 0.105. The number of aryl methyl sites for hydroxylation is 1. The van der Waals surface area contributed by atoms with Crippen LogP contribution in [0.25, 0.3) is 0 Å². The second kappa shape index (κ2) is 8.12. The van der Waals surface area contributed by atoms with Gasteiger partial charge in [-0.05, 0) is 43.2 Å². The van der Waals surface area contributed by atoms with Crippen LogP contribution in [0.4, 0.5) is 11.4 Å². The van der Waals surface area contributed by atoms with Crippen LogP contribution in [0.15, 0.2) is 42.5 Å². The maximum atomic E-state index is 12.6. The Labute approximate surface area is 163 Å². The van der Waals surface area contributed by atoms with Gasteiger partial charge in [0.2, 0.25) is 11.8 Å². The number of hydrogen-bond acceptors (Lipinski definition) is 4. The highest BCUT2D eigenvalue weighted by molar-refractivity contribution is 6.03. The van der Waals surface area contributed by atoms with E-state index >= 15 is 0 Å². The molecule has 0 bridgehead atoms. The summed E-state index contributed by atoms with van der Waals surface area (Å²) >= 11 is 0. The fourth-order valence-corrected chi connectivity index (χ4v) is 2.96. The van der Waals surface area contributed by atoms with Crippen LogP contribution in [0.3, 0.4) is 0 Å². The van der Waals surface area contributed by atoms with Gasteiger partial charge < -0.3 is 15.0 Å². The topological polar surface area (TPSA) is 79.0 Å². The minimum Gasteiger partial charge on any atom is -0.482 e. The third-order valence-electron chi connectivity index (χ3n) is 4.79. The molecule has 1 N–H and O–H groups in total. The third kappa shape index (κ3) is 4.14. The first-order valence-corrected chi connectivity index (χ1v) is 8.99. The Morgan fingerprint density at radius 3 is 2.68 bits per heavy atom. The average Bonchev–Trinajstić information content (AvgIpc) is 2.67. The quantitative estimate of drug-likeness (QED) is 0.861. The van der Waals surface area contributed by atoms with Gasteiger partial charge in [-0.15, -0.1) is 0 Å². The second-order valence-corrected chi connectivity index (χ2v) is 6.78. The number of fused-ring (bicyclic) bond motifs is 1. The van der Waals surface area contributed by atoms with Gasteiger partial charge in [0, 0.05) is 12.7 Å². The molecule has 3 amide bonds. The molecule has 0 aromatic heterocycles. The van der Waals surface area contributed by atoms with Crippen molar-refractivity contribution in [3.05, 3.63) is 53.6 Å². The molecular formula is C21H23N3O4. The SMILES string of the molecule is Cc1cccc(NC(=O)CN(C)C(=O)CN2C(=O)COc3ccccc32)c1C. The number of ether oxygens (including phenoxy) is 1. The van der Waals surface area contributed by atoms with Crippen molar-refractivity contribution in [1.29, 1.82) is 0 Å². The summed E-state index contributed by atoms with van der Waals surface area (Å²) in [6, 6.07) is 12.7. The molecule has 1 aliphatic heterocycles. The minimum atomic E-state index is -0.332. The van der Waals surface area contributed by atoms with Crippen molar-refractivity contribution in [3.8, 4) is 5.75 Å². The van der Waals surface area contributed by atoms with Gasteiger partial charge in [-0.3, -0.25) is 19.3 Å². The van der Waals surface area contributed by atoms with Crippen LogP contribution in [0.1, 0.15) is 11.1 Å². The largest absolute Gasteiger partial charge is 0.482 e. The first-order valence-electron chi connectivity index (χ1n) is 8.99. The lowest BCUT2D eigenvalue weighted by molar-refractivity contribution is -0.133. The van der Waals surface area contributed by atoms with Gasteiger partial charge in [0.1, 0.15) is 12.3 Å². The van der Waals surface area contributed by atoms with Crippen molar-refractivity contribution in [2.45, 2.75) is 13.8 Å². The molecule has 0 unspecified atom stereocenters. The Balaban J connectivity index is 1.62. The second-order valence-electron chi connectivity index (χ2n) is 6.78. The summed E-state index contributed by atoms with van der Waals surface area (Å²) in [7, 11) is 1.54. The molecule has 0 radical (unpaired) electrons. The fraction of sp³-hybridized carbons (Fsp3) is 0.286. The van der Waals surface area contributed by atoms with E-state index in [-0.39, 0.29) is 37.4 Å². The van der Waals surface area contributed by atoms with Crippen molar-refractivity contribution in [1.82, 2.24) is 4.90 Å². The number of benzene rings is 2. The van der Waals surface area contributed by atoms with E-state index < -0.39 is 0 Å². The van der Waals surface area contributed by atoms with Crippen LogP contribution in [0, 0.1) is 13.8 Å². The van der Waals surface area contributed by atoms with Crippen LogP contribution in [-0.2, 0) is 14.4 Å². The van der Waals surface area contributed by atoms with E-state index in [2.05, 4.69) is 5.32 Å². The summed E-state index contributed by atoms with van der Waals surface area (Å²) < 4.78 is 5.38. The average molecular weight is 381 g/mol. The van der Waals surface area contributed by atoms with Crippen LogP contribution >= 0.6 is 0 Å². The van der Waals surface area contributed by atoms with Crippen molar-refractivity contribution in [3.63, 3.8) is 0 Å². The molecule has 0 aliphatic carbocycles. The summed E-state index contributed by atoms with van der Waals surface area (Å²) in [6.07, 6.45) is 0. The predicted molar refractivity (Wildman–Crippen MR) is 106 cm³/mol. The van der Waals surface area contributed by atoms with Gasteiger partial charge in [-0.1, -0.05) is 24.3 Å². The number of anilines is 2. The number of nitrogens with one attached hydrogen (secondary N) is 1. The van der Waals surface area contributed by atoms with Crippen molar-refractivity contribution >= 4 is 29.1 Å². The zero-order valence-corrected chi connectivity index (χ0v) is 16.2. The number of likely N-dealkylation sites (N-methyl/N-ethyl adjacent to an activating group) is 1. The summed E-state index contributed by atoms with van der Waals surface area (Å²) in [5.41, 5.74) is 3.34. The van der Waals surface area contributed by atoms with E-state index in [0.29, 0.717) is 11.4 Å². The lowest BCUT2D eigenvalue weighted by Crippen LogP contribution is -2.46. The van der Waals surface area contributed by atoms with E-state index in [9.17, 15) is 14.4 Å². The number of carbonyl (C=O) groups is 3. The summed E-state index contributed by atoms with van der Waals surface area (Å²) in [5.74, 6) is -0.357. The zero-order valence-electron chi connectivity index (χ0n) is 16.2. The molecule has 1 aliphatic rings. The van der Waals surface area contributed by atoms with Crippen LogP contribution in [0.5, 0.6) is 5.75 Å². The van der Waals surface area contributed by atoms with Gasteiger partial charge in [0.05, 0.1) is 12.2 Å². The smallest absolute Gasteiger partial charge is 0.265 e. The molecule has 2 aromatic carbocycles. The van der Waals surface area contributed by atoms with Crippen molar-refractivity contribution < 1.29 is 19.1 Å². The molecule has 0 saturated carbocycles. The molecule has 2 aromatic rings. The standard InChI is InChI=1S/C21H23N3O4/c1-14-7-6-8-16(15(14)2)22-19(25)11-23(3)20(26)12-24-17-9-4-5-10-18(17)28-13-21(24)27/h4-10H,11-13H2,1-3H3,(H,22,25). The first kappa shape index (κ1) is 19.4. The highest BCUT2D eigenvalue weighted by atomic mass is 16.5. The summed E-state index contributed by atoms with van der Waals surface area (Å²) in [5, 5.41) is 2.83. The number of hydrogen-bond donors (Lipinski definition) is 1. The third-order valence-corrected chi connectivity index (χ3v) is 4.79. The fourth-order valence-electron chi connectivity index (χ4n) is 2.96. The lowest BCUT2D eigenvalue weighted by Gasteiger charge is -2.30. The number of rotatable bonds is 5. The highest BCUT2D eigenvalue weighted by Gasteiger charge is 2.28. The van der Waals surface area contributed by atoms with Crippen LogP contribution in [-0.4, -0.2) is 49.4 Å². The Hall–Kier alpha value is -3.35. The highest BCUT2D eigenvalue weighted by Crippen LogP contribution is 2.31. The van der Waals surface area contributed by atoms with Gasteiger partial charge in [-0.2, -0.15) is 0 Å². The van der Waals surface area contributed by atoms with E-state index in [1.165, 1.54) is 9.80 Å². The molecule has 7 heteroatoms. The van der Waals surface area contributed by atoms with Crippen LogP contribution in [0.2, 0.25) is 0 Å². The van der Waals surface area contributed by atoms with E-state index in [1.54, 1.807) is 31.3 Å². The number of nitrogens with zero attached hydrogens (tertiary/aromatic N) is 2. The molecule has 0 spiro atoms. The molecule has 0 saturated heterocycles. The molecule has 1 heterocycles. The molecule has 146 valence electrons. The zero-order chi connectivity index (χ0) is 20.3. The molecule has 7 nitrogen and oxygen atoms in total. The molecule has 28 heavy (non-hydrogen) atoms. The van der Waals surface area contributed by atoms with Crippen molar-refractivity contribution in [2.75, 3.05) is 37.0 Å². The Bertz CT molecular complexity index is 926. The number of amides is 3. The molecule has 3 rings (SSSR count). The Kier molecular flexibility index (Phi) is 5.63. The number of para-hydroxylation sites is 2. The van der Waals surface area contributed by atoms with Gasteiger partial charge in [0.25, 0.3) is 5.91 Å². The van der Waals surface area contributed by atoms with Gasteiger partial charge in [-0.25, -0.2) is 0 Å². The van der Waals surface area contributed by atoms with Crippen molar-refractivity contribution in [2.24, 2.45) is 0 Å². The normalized spacial score (nSPS) is 12.8. The molecule has 0 fully saturated rings. The van der Waals surface area contributed by atoms with E-state index in [0.717, 1.165) is 16.8 Å². The van der Waals surface area contributed by atoms with Gasteiger partial charge in [0.15, 0.2) is 6.61 Å². The van der Waals surface area contributed by atoms with Crippen LogP contribution < -0.4 is 15.0 Å². The molecule has 0 atom stereocenters. The van der Waals surface area contributed by atoms with Gasteiger partial charge >= 0.3 is 0 Å². The monoisotopic (exact) mass is 381 g/mol. The number of carbonyl (C=O) groups excluding carboxylic acids is 3. The summed E-state index contributed by atoms with van der Waals surface area (Å²) in [6.45, 7) is 3.54.